The third-order valence-electron chi connectivity index (χ3n) is 2.08. The minimum Gasteiger partial charge on any atom is -0.466 e. The van der Waals surface area contributed by atoms with Gasteiger partial charge in [0, 0.05) is 18.8 Å². The molecular formula is C11H13N3O3. The molecule has 0 amide bonds. The lowest BCUT2D eigenvalue weighted by molar-refractivity contribution is -0.144. The number of imidazole rings is 1. The first-order valence-corrected chi connectivity index (χ1v) is 5.26. The maximum Gasteiger partial charge on any atom is 0.306 e. The molecular weight excluding hydrogens is 222 g/mol. The van der Waals surface area contributed by atoms with E-state index in [9.17, 15) is 9.59 Å². The van der Waals surface area contributed by atoms with E-state index in [-0.39, 0.29) is 37.0 Å². The van der Waals surface area contributed by atoms with Gasteiger partial charge in [-0.05, 0) is 6.92 Å². The fourth-order valence-corrected chi connectivity index (χ4v) is 1.29. The van der Waals surface area contributed by atoms with Crippen LogP contribution in [0.2, 0.25) is 0 Å². The van der Waals surface area contributed by atoms with Crippen LogP contribution in [0.15, 0.2) is 12.4 Å². The van der Waals surface area contributed by atoms with Crippen LogP contribution in [-0.2, 0) is 20.9 Å². The number of nitriles is 1. The Morgan fingerprint density at radius 3 is 2.94 bits per heavy atom. The van der Waals surface area contributed by atoms with Crippen LogP contribution < -0.4 is 0 Å². The molecule has 1 aromatic rings. The number of hydrogen-bond acceptors (Lipinski definition) is 5. The predicted molar refractivity (Wildman–Crippen MR) is 57.8 cm³/mol. The van der Waals surface area contributed by atoms with Gasteiger partial charge in [-0.1, -0.05) is 0 Å². The summed E-state index contributed by atoms with van der Waals surface area (Å²) >= 11 is 0. The summed E-state index contributed by atoms with van der Waals surface area (Å²) in [5.74, 6) is -0.325. The number of aromatic nitrogens is 2. The molecule has 0 bridgehead atoms. The number of esters is 1. The SMILES string of the molecule is CCOC(=O)CCC(=O)Cn1ccnc1C#N. The number of nitrogens with zero attached hydrogens (tertiary/aromatic N) is 3. The van der Waals surface area contributed by atoms with Crippen LogP contribution in [0.5, 0.6) is 0 Å². The predicted octanol–water partition coefficient (Wildman–Crippen LogP) is 0.667. The van der Waals surface area contributed by atoms with Crippen molar-refractivity contribution in [2.24, 2.45) is 0 Å². The van der Waals surface area contributed by atoms with E-state index in [4.69, 9.17) is 10.00 Å². The number of carbonyl (C=O) groups excluding carboxylic acids is 2. The largest absolute Gasteiger partial charge is 0.466 e. The molecule has 1 heterocycles. The highest BCUT2D eigenvalue weighted by atomic mass is 16.5. The second-order valence-corrected chi connectivity index (χ2v) is 3.33. The van der Waals surface area contributed by atoms with E-state index in [1.54, 1.807) is 13.1 Å². The van der Waals surface area contributed by atoms with Crippen molar-refractivity contribution < 1.29 is 14.3 Å². The minimum atomic E-state index is -0.382. The lowest BCUT2D eigenvalue weighted by Crippen LogP contribution is -2.13. The van der Waals surface area contributed by atoms with Gasteiger partial charge in [0.25, 0.3) is 0 Å². The Bertz CT molecular complexity index is 445. The normalized spacial score (nSPS) is 9.65. The average molecular weight is 235 g/mol. The molecule has 17 heavy (non-hydrogen) atoms. The number of ether oxygens (including phenoxy) is 1. The quantitative estimate of drug-likeness (QED) is 0.676. The van der Waals surface area contributed by atoms with Gasteiger partial charge in [0.2, 0.25) is 5.82 Å². The van der Waals surface area contributed by atoms with Crippen molar-refractivity contribution in [3.63, 3.8) is 0 Å². The molecule has 0 aliphatic carbocycles. The summed E-state index contributed by atoms with van der Waals surface area (Å²) < 4.78 is 6.16. The van der Waals surface area contributed by atoms with E-state index in [1.165, 1.54) is 10.8 Å². The van der Waals surface area contributed by atoms with Crippen molar-refractivity contribution >= 4 is 11.8 Å². The maximum absolute atomic E-state index is 11.5. The fraction of sp³-hybridized carbons (Fsp3) is 0.455. The van der Waals surface area contributed by atoms with Gasteiger partial charge >= 0.3 is 5.97 Å². The van der Waals surface area contributed by atoms with Crippen LogP contribution in [-0.4, -0.2) is 27.9 Å². The van der Waals surface area contributed by atoms with Crippen molar-refractivity contribution in [1.82, 2.24) is 9.55 Å². The van der Waals surface area contributed by atoms with Crippen LogP contribution >= 0.6 is 0 Å². The number of ketones is 1. The van der Waals surface area contributed by atoms with Crippen LogP contribution in [0, 0.1) is 11.3 Å². The lowest BCUT2D eigenvalue weighted by atomic mass is 10.2. The summed E-state index contributed by atoms with van der Waals surface area (Å²) in [4.78, 5) is 26.3. The van der Waals surface area contributed by atoms with Gasteiger partial charge < -0.3 is 9.30 Å². The molecule has 0 saturated heterocycles. The highest BCUT2D eigenvalue weighted by Crippen LogP contribution is 2.00. The second-order valence-electron chi connectivity index (χ2n) is 3.33. The second kappa shape index (κ2) is 6.43. The number of rotatable bonds is 6. The molecule has 90 valence electrons. The molecule has 0 unspecified atom stereocenters. The summed E-state index contributed by atoms with van der Waals surface area (Å²) in [5.41, 5.74) is 0. The molecule has 0 N–H and O–H groups in total. The van der Waals surface area contributed by atoms with Crippen molar-refractivity contribution in [3.8, 4) is 6.07 Å². The Morgan fingerprint density at radius 1 is 1.53 bits per heavy atom. The van der Waals surface area contributed by atoms with Crippen molar-refractivity contribution in [2.45, 2.75) is 26.3 Å². The molecule has 0 spiro atoms. The van der Waals surface area contributed by atoms with Crippen LogP contribution in [0.3, 0.4) is 0 Å². The summed E-state index contributed by atoms with van der Waals surface area (Å²) in [6, 6.07) is 1.87. The molecule has 0 aromatic carbocycles. The third kappa shape index (κ3) is 4.07. The summed E-state index contributed by atoms with van der Waals surface area (Å²) in [5, 5.41) is 8.69. The summed E-state index contributed by atoms with van der Waals surface area (Å²) in [6.07, 6.45) is 3.20. The van der Waals surface area contributed by atoms with Crippen molar-refractivity contribution in [3.05, 3.63) is 18.2 Å². The van der Waals surface area contributed by atoms with Gasteiger partial charge in [-0.25, -0.2) is 4.98 Å². The highest BCUT2D eigenvalue weighted by Gasteiger charge is 2.10. The molecule has 0 saturated carbocycles. The molecule has 6 heteroatoms. The van der Waals surface area contributed by atoms with Gasteiger partial charge in [-0.15, -0.1) is 0 Å². The Hall–Kier alpha value is -2.16. The Morgan fingerprint density at radius 2 is 2.29 bits per heavy atom. The Balaban J connectivity index is 2.40. The van der Waals surface area contributed by atoms with Gasteiger partial charge in [0.15, 0.2) is 5.78 Å². The van der Waals surface area contributed by atoms with Gasteiger partial charge in [-0.2, -0.15) is 5.26 Å². The number of Topliss-reactive ketones (excluding diaryl/α,β-unsaturated/α-hetero) is 1. The van der Waals surface area contributed by atoms with Gasteiger partial charge in [0.1, 0.15) is 6.07 Å². The summed E-state index contributed by atoms with van der Waals surface area (Å²) in [6.45, 7) is 2.08. The average Bonchev–Trinajstić information content (AvgIpc) is 2.74. The zero-order valence-electron chi connectivity index (χ0n) is 9.55. The van der Waals surface area contributed by atoms with Gasteiger partial charge in [-0.3, -0.25) is 9.59 Å². The van der Waals surface area contributed by atoms with Crippen LogP contribution in [0.4, 0.5) is 0 Å². The van der Waals surface area contributed by atoms with E-state index in [0.717, 1.165) is 0 Å². The third-order valence-corrected chi connectivity index (χ3v) is 2.08. The Kier molecular flexibility index (Phi) is 4.88. The lowest BCUT2D eigenvalue weighted by Gasteiger charge is -2.03. The van der Waals surface area contributed by atoms with Crippen molar-refractivity contribution in [1.29, 1.82) is 5.26 Å². The maximum atomic E-state index is 11.5. The zero-order chi connectivity index (χ0) is 12.7. The Labute approximate surface area is 98.8 Å². The minimum absolute atomic E-state index is 0.0578. The monoisotopic (exact) mass is 235 g/mol. The molecule has 1 aromatic heterocycles. The molecule has 0 atom stereocenters. The fourth-order valence-electron chi connectivity index (χ4n) is 1.29. The van der Waals surface area contributed by atoms with E-state index in [0.29, 0.717) is 6.61 Å². The van der Waals surface area contributed by atoms with Crippen LogP contribution in [0.1, 0.15) is 25.6 Å². The zero-order valence-corrected chi connectivity index (χ0v) is 9.55. The first-order valence-electron chi connectivity index (χ1n) is 5.26. The van der Waals surface area contributed by atoms with E-state index < -0.39 is 0 Å². The number of carbonyl (C=O) groups is 2. The smallest absolute Gasteiger partial charge is 0.306 e. The molecule has 6 nitrogen and oxygen atoms in total. The van der Waals surface area contributed by atoms with Gasteiger partial charge in [0.05, 0.1) is 19.6 Å². The first-order chi connectivity index (χ1) is 8.17. The topological polar surface area (TPSA) is 85.0 Å². The summed E-state index contributed by atoms with van der Waals surface area (Å²) in [7, 11) is 0. The standard InChI is InChI=1S/C11H13N3O3/c1-2-17-11(16)4-3-9(15)8-14-6-5-13-10(14)7-12/h5-6H,2-4,8H2,1H3. The van der Waals surface area contributed by atoms with E-state index in [1.807, 2.05) is 6.07 Å². The van der Waals surface area contributed by atoms with Crippen LogP contribution in [0.25, 0.3) is 0 Å². The first kappa shape index (κ1) is 12.9. The molecule has 1 rings (SSSR count). The van der Waals surface area contributed by atoms with E-state index >= 15 is 0 Å². The highest BCUT2D eigenvalue weighted by molar-refractivity contribution is 5.82. The molecule has 0 radical (unpaired) electrons. The number of hydrogen-bond donors (Lipinski definition) is 0. The molecule has 0 fully saturated rings. The van der Waals surface area contributed by atoms with E-state index in [2.05, 4.69) is 4.98 Å². The molecule has 0 aliphatic rings. The van der Waals surface area contributed by atoms with Crippen molar-refractivity contribution in [2.75, 3.05) is 6.61 Å². The molecule has 0 aliphatic heterocycles.